The maximum Gasteiger partial charge on any atom is 0.136 e. The van der Waals surface area contributed by atoms with Gasteiger partial charge in [-0.05, 0) is 51.2 Å². The van der Waals surface area contributed by atoms with Gasteiger partial charge in [-0.15, -0.1) is 0 Å². The number of furan rings is 1. The van der Waals surface area contributed by atoms with Crippen LogP contribution in [0.4, 0.5) is 0 Å². The molecule has 0 aliphatic heterocycles. The van der Waals surface area contributed by atoms with Crippen molar-refractivity contribution in [2.45, 2.75) is 19.9 Å². The lowest BCUT2D eigenvalue weighted by molar-refractivity contribution is 0.569. The molecule has 0 saturated heterocycles. The number of pyridine rings is 1. The molecule has 2 rings (SSSR count). The molecule has 94 valence electrons. The fourth-order valence-corrected chi connectivity index (χ4v) is 1.67. The summed E-state index contributed by atoms with van der Waals surface area (Å²) in [6, 6.07) is 8.19. The third kappa shape index (κ3) is 2.87. The van der Waals surface area contributed by atoms with Gasteiger partial charge in [0.2, 0.25) is 0 Å². The van der Waals surface area contributed by atoms with E-state index in [-0.39, 0.29) is 0 Å². The molecule has 18 heavy (non-hydrogen) atoms. The molecule has 1 unspecified atom stereocenters. The molecule has 0 aliphatic rings. The summed E-state index contributed by atoms with van der Waals surface area (Å²) in [6.07, 6.45) is 5.61. The van der Waals surface area contributed by atoms with Crippen molar-refractivity contribution in [1.29, 1.82) is 0 Å². The SMILES string of the molecule is CNC(C)/C(C)=C/c1ccc(-c2cccnc2)o1. The summed E-state index contributed by atoms with van der Waals surface area (Å²) in [7, 11) is 1.95. The molecule has 0 spiro atoms. The molecule has 0 radical (unpaired) electrons. The molecule has 2 heterocycles. The van der Waals surface area contributed by atoms with Crippen LogP contribution >= 0.6 is 0 Å². The van der Waals surface area contributed by atoms with Gasteiger partial charge in [0.25, 0.3) is 0 Å². The van der Waals surface area contributed by atoms with Gasteiger partial charge < -0.3 is 9.73 Å². The summed E-state index contributed by atoms with van der Waals surface area (Å²) >= 11 is 0. The molecule has 0 saturated carbocycles. The highest BCUT2D eigenvalue weighted by molar-refractivity contribution is 5.59. The van der Waals surface area contributed by atoms with Gasteiger partial charge in [-0.3, -0.25) is 4.98 Å². The van der Waals surface area contributed by atoms with Crippen LogP contribution in [0, 0.1) is 0 Å². The Labute approximate surface area is 108 Å². The molecule has 1 N–H and O–H groups in total. The van der Waals surface area contributed by atoms with E-state index in [1.54, 1.807) is 12.4 Å². The highest BCUT2D eigenvalue weighted by Gasteiger charge is 2.05. The minimum absolute atomic E-state index is 0.344. The van der Waals surface area contributed by atoms with E-state index in [0.29, 0.717) is 6.04 Å². The van der Waals surface area contributed by atoms with E-state index < -0.39 is 0 Å². The second-order valence-electron chi connectivity index (χ2n) is 4.34. The van der Waals surface area contributed by atoms with Crippen molar-refractivity contribution in [2.75, 3.05) is 7.05 Å². The molecule has 2 aromatic rings. The highest BCUT2D eigenvalue weighted by atomic mass is 16.3. The number of nitrogens with zero attached hydrogens (tertiary/aromatic N) is 1. The quantitative estimate of drug-likeness (QED) is 0.893. The summed E-state index contributed by atoms with van der Waals surface area (Å²) in [6.45, 7) is 4.21. The lowest BCUT2D eigenvalue weighted by Crippen LogP contribution is -2.21. The van der Waals surface area contributed by atoms with Crippen molar-refractivity contribution in [3.8, 4) is 11.3 Å². The van der Waals surface area contributed by atoms with Crippen LogP contribution in [0.3, 0.4) is 0 Å². The Bertz CT molecular complexity index is 528. The van der Waals surface area contributed by atoms with Crippen LogP contribution in [0.15, 0.2) is 46.6 Å². The number of hydrogen-bond acceptors (Lipinski definition) is 3. The van der Waals surface area contributed by atoms with Crippen LogP contribution in [-0.2, 0) is 0 Å². The van der Waals surface area contributed by atoms with Gasteiger partial charge in [-0.1, -0.05) is 5.57 Å². The first-order valence-electron chi connectivity index (χ1n) is 6.06. The predicted octanol–water partition coefficient (Wildman–Crippen LogP) is 3.35. The lowest BCUT2D eigenvalue weighted by Gasteiger charge is -2.09. The zero-order chi connectivity index (χ0) is 13.0. The van der Waals surface area contributed by atoms with E-state index in [4.69, 9.17) is 4.42 Å². The van der Waals surface area contributed by atoms with Crippen molar-refractivity contribution < 1.29 is 4.42 Å². The number of nitrogens with one attached hydrogen (secondary N) is 1. The average molecular weight is 242 g/mol. The van der Waals surface area contributed by atoms with Gasteiger partial charge in [0.1, 0.15) is 11.5 Å². The van der Waals surface area contributed by atoms with Gasteiger partial charge in [0.05, 0.1) is 0 Å². The maximum absolute atomic E-state index is 5.79. The minimum atomic E-state index is 0.344. The molecular formula is C15H18N2O. The van der Waals surface area contributed by atoms with E-state index in [1.165, 1.54) is 5.57 Å². The topological polar surface area (TPSA) is 38.1 Å². The monoisotopic (exact) mass is 242 g/mol. The Morgan fingerprint density at radius 3 is 2.89 bits per heavy atom. The fraction of sp³-hybridized carbons (Fsp3) is 0.267. The number of likely N-dealkylation sites (N-methyl/N-ethyl adjacent to an activating group) is 1. The van der Waals surface area contributed by atoms with Crippen molar-refractivity contribution in [3.05, 3.63) is 48.0 Å². The Hall–Kier alpha value is -1.87. The normalized spacial score (nSPS) is 13.6. The van der Waals surface area contributed by atoms with Crippen molar-refractivity contribution >= 4 is 6.08 Å². The number of rotatable bonds is 4. The smallest absolute Gasteiger partial charge is 0.136 e. The van der Waals surface area contributed by atoms with E-state index in [1.807, 2.05) is 31.3 Å². The average Bonchev–Trinajstić information content (AvgIpc) is 2.87. The van der Waals surface area contributed by atoms with Crippen LogP contribution in [0.2, 0.25) is 0 Å². The standard InChI is InChI=1S/C15H18N2O/c1-11(12(2)16-3)9-14-6-7-15(18-14)13-5-4-8-17-10-13/h4-10,12,16H,1-3H3/b11-9+. The first kappa shape index (κ1) is 12.6. The Morgan fingerprint density at radius 1 is 1.39 bits per heavy atom. The summed E-state index contributed by atoms with van der Waals surface area (Å²) < 4.78 is 5.79. The van der Waals surface area contributed by atoms with Gasteiger partial charge in [-0.25, -0.2) is 0 Å². The molecule has 3 nitrogen and oxygen atoms in total. The molecule has 0 bridgehead atoms. The molecule has 0 amide bonds. The third-order valence-electron chi connectivity index (χ3n) is 3.06. The van der Waals surface area contributed by atoms with E-state index in [0.717, 1.165) is 17.1 Å². The highest BCUT2D eigenvalue weighted by Crippen LogP contribution is 2.22. The Kier molecular flexibility index (Phi) is 3.95. The molecule has 0 fully saturated rings. The van der Waals surface area contributed by atoms with E-state index >= 15 is 0 Å². The van der Waals surface area contributed by atoms with Crippen molar-refractivity contribution in [1.82, 2.24) is 10.3 Å². The summed E-state index contributed by atoms with van der Waals surface area (Å²) in [5, 5.41) is 3.20. The second kappa shape index (κ2) is 5.65. The first-order chi connectivity index (χ1) is 8.70. The van der Waals surface area contributed by atoms with Crippen LogP contribution in [0.5, 0.6) is 0 Å². The van der Waals surface area contributed by atoms with Gasteiger partial charge >= 0.3 is 0 Å². The largest absolute Gasteiger partial charge is 0.457 e. The minimum Gasteiger partial charge on any atom is -0.457 e. The second-order valence-corrected chi connectivity index (χ2v) is 4.34. The molecule has 3 heteroatoms. The first-order valence-corrected chi connectivity index (χ1v) is 6.06. The molecular weight excluding hydrogens is 224 g/mol. The summed E-state index contributed by atoms with van der Waals surface area (Å²) in [5.41, 5.74) is 2.24. The predicted molar refractivity (Wildman–Crippen MR) is 74.1 cm³/mol. The summed E-state index contributed by atoms with van der Waals surface area (Å²) in [4.78, 5) is 4.09. The van der Waals surface area contributed by atoms with Crippen LogP contribution in [-0.4, -0.2) is 18.1 Å². The van der Waals surface area contributed by atoms with Gasteiger partial charge in [0, 0.05) is 24.0 Å². The van der Waals surface area contributed by atoms with Gasteiger partial charge in [-0.2, -0.15) is 0 Å². The number of hydrogen-bond donors (Lipinski definition) is 1. The van der Waals surface area contributed by atoms with Crippen LogP contribution in [0.25, 0.3) is 17.4 Å². The lowest BCUT2D eigenvalue weighted by atomic mass is 10.1. The Balaban J connectivity index is 2.21. The molecule has 0 aliphatic carbocycles. The van der Waals surface area contributed by atoms with Crippen molar-refractivity contribution in [3.63, 3.8) is 0 Å². The van der Waals surface area contributed by atoms with E-state index in [9.17, 15) is 0 Å². The van der Waals surface area contributed by atoms with Crippen LogP contribution < -0.4 is 5.32 Å². The van der Waals surface area contributed by atoms with Crippen LogP contribution in [0.1, 0.15) is 19.6 Å². The van der Waals surface area contributed by atoms with E-state index in [2.05, 4.69) is 30.2 Å². The zero-order valence-corrected chi connectivity index (χ0v) is 11.0. The Morgan fingerprint density at radius 2 is 2.22 bits per heavy atom. The molecule has 0 aromatic carbocycles. The molecule has 2 aromatic heterocycles. The number of aromatic nitrogens is 1. The summed E-state index contributed by atoms with van der Waals surface area (Å²) in [5.74, 6) is 1.72. The molecule has 1 atom stereocenters. The van der Waals surface area contributed by atoms with Crippen molar-refractivity contribution in [2.24, 2.45) is 0 Å². The maximum atomic E-state index is 5.79. The third-order valence-corrected chi connectivity index (χ3v) is 3.06. The van der Waals surface area contributed by atoms with Gasteiger partial charge in [0.15, 0.2) is 0 Å². The fourth-order valence-electron chi connectivity index (χ4n) is 1.67. The zero-order valence-electron chi connectivity index (χ0n) is 11.0.